The van der Waals surface area contributed by atoms with Gasteiger partial charge in [-0.1, -0.05) is 11.6 Å². The number of carboxylic acid groups (broad SMARTS) is 1. The molecule has 0 aliphatic rings. The van der Waals surface area contributed by atoms with Crippen LogP contribution in [0.3, 0.4) is 0 Å². The predicted octanol–water partition coefficient (Wildman–Crippen LogP) is 3.20. The fraction of sp³-hybridized carbons (Fsp3) is 0.182. The Morgan fingerprint density at radius 2 is 2.00 bits per heavy atom. The van der Waals surface area contributed by atoms with Crippen molar-refractivity contribution in [3.05, 3.63) is 38.4 Å². The van der Waals surface area contributed by atoms with Crippen LogP contribution in [0, 0.1) is 0 Å². The normalized spacial score (nSPS) is 13.3. The van der Waals surface area contributed by atoms with Crippen molar-refractivity contribution in [2.45, 2.75) is 17.2 Å². The lowest BCUT2D eigenvalue weighted by Gasteiger charge is -2.11. The molecule has 2 aromatic rings. The van der Waals surface area contributed by atoms with Crippen LogP contribution in [0.4, 0.5) is 0 Å². The van der Waals surface area contributed by atoms with Gasteiger partial charge in [0.15, 0.2) is 0 Å². The van der Waals surface area contributed by atoms with Gasteiger partial charge in [0.2, 0.25) is 0 Å². The van der Waals surface area contributed by atoms with E-state index in [2.05, 4.69) is 4.72 Å². The lowest BCUT2D eigenvalue weighted by Crippen LogP contribution is -2.25. The zero-order chi connectivity index (χ0) is 14.9. The summed E-state index contributed by atoms with van der Waals surface area (Å²) in [4.78, 5) is 11.5. The van der Waals surface area contributed by atoms with Gasteiger partial charge in [-0.25, -0.2) is 17.9 Å². The van der Waals surface area contributed by atoms with Crippen LogP contribution in [0.5, 0.6) is 0 Å². The molecule has 20 heavy (non-hydrogen) atoms. The Balaban J connectivity index is 2.20. The van der Waals surface area contributed by atoms with Crippen molar-refractivity contribution in [3.8, 4) is 0 Å². The van der Waals surface area contributed by atoms with Gasteiger partial charge in [0.25, 0.3) is 10.0 Å². The number of carbonyl (C=O) groups is 1. The van der Waals surface area contributed by atoms with Crippen molar-refractivity contribution in [3.63, 3.8) is 0 Å². The van der Waals surface area contributed by atoms with Gasteiger partial charge in [0.05, 0.1) is 10.4 Å². The van der Waals surface area contributed by atoms with Crippen LogP contribution < -0.4 is 4.72 Å². The predicted molar refractivity (Wildman–Crippen MR) is 79.3 cm³/mol. The van der Waals surface area contributed by atoms with Gasteiger partial charge in [-0.2, -0.15) is 0 Å². The smallest absolute Gasteiger partial charge is 0.345 e. The number of nitrogens with one attached hydrogen (secondary N) is 1. The molecule has 0 bridgehead atoms. The second kappa shape index (κ2) is 5.82. The molecule has 2 aromatic heterocycles. The number of sulfonamides is 1. The second-order valence-electron chi connectivity index (χ2n) is 3.91. The number of hydrogen-bond donors (Lipinski definition) is 2. The highest BCUT2D eigenvalue weighted by Gasteiger charge is 2.22. The molecule has 0 aromatic carbocycles. The summed E-state index contributed by atoms with van der Waals surface area (Å²) in [6.07, 6.45) is 0. The third kappa shape index (κ3) is 3.39. The zero-order valence-corrected chi connectivity index (χ0v) is 13.4. The SMILES string of the molecule is CC(NS(=O)(=O)c1ccc(C(=O)O)s1)c1ccc(Cl)s1. The van der Waals surface area contributed by atoms with E-state index in [-0.39, 0.29) is 9.09 Å². The van der Waals surface area contributed by atoms with E-state index in [0.717, 1.165) is 16.2 Å². The summed E-state index contributed by atoms with van der Waals surface area (Å²) in [7, 11) is -3.74. The van der Waals surface area contributed by atoms with E-state index < -0.39 is 22.0 Å². The maximum Gasteiger partial charge on any atom is 0.345 e. The Bertz CT molecular complexity index is 734. The van der Waals surface area contributed by atoms with Crippen LogP contribution in [-0.4, -0.2) is 19.5 Å². The minimum atomic E-state index is -3.74. The third-order valence-electron chi connectivity index (χ3n) is 2.41. The van der Waals surface area contributed by atoms with Gasteiger partial charge in [0, 0.05) is 4.88 Å². The second-order valence-corrected chi connectivity index (χ2v) is 8.68. The van der Waals surface area contributed by atoms with Crippen molar-refractivity contribution < 1.29 is 18.3 Å². The number of halogens is 1. The Labute approximate surface area is 128 Å². The molecule has 108 valence electrons. The van der Waals surface area contributed by atoms with E-state index in [1.807, 2.05) is 0 Å². The first-order valence-corrected chi connectivity index (χ1v) is 8.89. The van der Waals surface area contributed by atoms with Crippen LogP contribution >= 0.6 is 34.3 Å². The molecule has 0 amide bonds. The van der Waals surface area contributed by atoms with Crippen LogP contribution in [-0.2, 0) is 10.0 Å². The molecular formula is C11H10ClNO4S3. The fourth-order valence-electron chi connectivity index (χ4n) is 1.49. The average Bonchev–Trinajstić information content (AvgIpc) is 2.96. The first kappa shape index (κ1) is 15.5. The molecule has 0 saturated heterocycles. The van der Waals surface area contributed by atoms with Gasteiger partial charge in [-0.15, -0.1) is 22.7 Å². The molecule has 2 N–H and O–H groups in total. The summed E-state index contributed by atoms with van der Waals surface area (Å²) >= 11 is 7.82. The number of aromatic carboxylic acids is 1. The topological polar surface area (TPSA) is 83.5 Å². The molecule has 5 nitrogen and oxygen atoms in total. The summed E-state index contributed by atoms with van der Waals surface area (Å²) in [6, 6.07) is 5.56. The number of rotatable bonds is 5. The Morgan fingerprint density at radius 3 is 2.50 bits per heavy atom. The molecule has 0 aliphatic heterocycles. The molecule has 2 rings (SSSR count). The van der Waals surface area contributed by atoms with Gasteiger partial charge in [0.1, 0.15) is 9.09 Å². The minimum absolute atomic E-state index is 0.0165. The molecule has 0 aliphatic carbocycles. The van der Waals surface area contributed by atoms with Gasteiger partial charge >= 0.3 is 5.97 Å². The van der Waals surface area contributed by atoms with Crippen molar-refractivity contribution >= 4 is 50.3 Å². The number of thiophene rings is 2. The van der Waals surface area contributed by atoms with E-state index in [1.54, 1.807) is 19.1 Å². The molecule has 2 heterocycles. The van der Waals surface area contributed by atoms with E-state index in [1.165, 1.54) is 23.5 Å². The quantitative estimate of drug-likeness (QED) is 0.866. The van der Waals surface area contributed by atoms with Crippen molar-refractivity contribution in [1.82, 2.24) is 4.72 Å². The highest BCUT2D eigenvalue weighted by molar-refractivity contribution is 7.91. The molecule has 1 atom stereocenters. The summed E-state index contributed by atoms with van der Waals surface area (Å²) in [5.74, 6) is -1.14. The number of carboxylic acids is 1. The van der Waals surface area contributed by atoms with Crippen LogP contribution in [0.2, 0.25) is 4.34 Å². The fourth-order valence-corrected chi connectivity index (χ4v) is 5.01. The lowest BCUT2D eigenvalue weighted by atomic mass is 10.3. The van der Waals surface area contributed by atoms with Gasteiger partial charge in [-0.05, 0) is 31.2 Å². The summed E-state index contributed by atoms with van der Waals surface area (Å²) in [6.45, 7) is 1.70. The minimum Gasteiger partial charge on any atom is -0.477 e. The summed E-state index contributed by atoms with van der Waals surface area (Å²) < 4.78 is 27.3. The molecular weight excluding hydrogens is 342 g/mol. The van der Waals surface area contributed by atoms with E-state index >= 15 is 0 Å². The van der Waals surface area contributed by atoms with E-state index in [0.29, 0.717) is 4.34 Å². The van der Waals surface area contributed by atoms with Crippen molar-refractivity contribution in [2.75, 3.05) is 0 Å². The maximum absolute atomic E-state index is 12.1. The average molecular weight is 352 g/mol. The monoisotopic (exact) mass is 351 g/mol. The molecule has 1 unspecified atom stereocenters. The molecule has 0 spiro atoms. The van der Waals surface area contributed by atoms with Crippen LogP contribution in [0.15, 0.2) is 28.5 Å². The van der Waals surface area contributed by atoms with E-state index in [4.69, 9.17) is 16.7 Å². The molecule has 9 heteroatoms. The first-order chi connectivity index (χ1) is 9.29. The zero-order valence-electron chi connectivity index (χ0n) is 10.2. The Morgan fingerprint density at radius 1 is 1.30 bits per heavy atom. The van der Waals surface area contributed by atoms with Crippen LogP contribution in [0.25, 0.3) is 0 Å². The standard InChI is InChI=1S/C11H10ClNO4S3/c1-6(7-2-4-9(12)18-7)13-20(16,17)10-5-3-8(19-10)11(14)15/h2-6,13H,1H3,(H,14,15). The van der Waals surface area contributed by atoms with Crippen LogP contribution in [0.1, 0.15) is 27.5 Å². The summed E-state index contributed by atoms with van der Waals surface area (Å²) in [5.41, 5.74) is 0. The number of hydrogen-bond acceptors (Lipinski definition) is 5. The molecule has 0 radical (unpaired) electrons. The lowest BCUT2D eigenvalue weighted by molar-refractivity contribution is 0.0702. The van der Waals surface area contributed by atoms with E-state index in [9.17, 15) is 13.2 Å². The Kier molecular flexibility index (Phi) is 4.50. The molecule has 0 saturated carbocycles. The van der Waals surface area contributed by atoms with Gasteiger partial charge < -0.3 is 5.11 Å². The van der Waals surface area contributed by atoms with Crippen molar-refractivity contribution in [1.29, 1.82) is 0 Å². The highest BCUT2D eigenvalue weighted by Crippen LogP contribution is 2.29. The third-order valence-corrected chi connectivity index (χ3v) is 6.93. The van der Waals surface area contributed by atoms with Crippen molar-refractivity contribution in [2.24, 2.45) is 0 Å². The van der Waals surface area contributed by atoms with Gasteiger partial charge in [-0.3, -0.25) is 0 Å². The summed E-state index contributed by atoms with van der Waals surface area (Å²) in [5, 5.41) is 8.81. The Hall–Kier alpha value is -0.930. The highest BCUT2D eigenvalue weighted by atomic mass is 35.5. The molecule has 0 fully saturated rings. The maximum atomic E-state index is 12.1. The first-order valence-electron chi connectivity index (χ1n) is 5.40. The largest absolute Gasteiger partial charge is 0.477 e.